The number of rotatable bonds is 1. The molecular formula is C17H20N2O3S. The summed E-state index contributed by atoms with van der Waals surface area (Å²) in [7, 11) is 3.38. The van der Waals surface area contributed by atoms with Crippen LogP contribution in [0.5, 0.6) is 5.75 Å². The Labute approximate surface area is 140 Å². The fourth-order valence-electron chi connectivity index (χ4n) is 4.31. The van der Waals surface area contributed by atoms with Gasteiger partial charge in [-0.3, -0.25) is 9.69 Å². The number of hydrogen-bond acceptors (Lipinski definition) is 4. The molecule has 1 spiro atoms. The summed E-state index contributed by atoms with van der Waals surface area (Å²) in [5, 5.41) is 3.83. The van der Waals surface area contributed by atoms with Gasteiger partial charge < -0.3 is 14.8 Å². The summed E-state index contributed by atoms with van der Waals surface area (Å²) in [5.41, 5.74) is 1.37. The Morgan fingerprint density at radius 3 is 3.00 bits per heavy atom. The number of nitrogens with one attached hydrogen (secondary N) is 1. The number of carbonyl (C=O) groups excluding carboxylic acids is 1. The molecule has 1 aromatic carbocycles. The number of thiocarbonyl (C=S) groups is 1. The van der Waals surface area contributed by atoms with Gasteiger partial charge in [-0.25, -0.2) is 0 Å². The largest absolute Gasteiger partial charge is 0.497 e. The molecule has 6 heteroatoms. The Bertz CT molecular complexity index is 692. The van der Waals surface area contributed by atoms with Crippen molar-refractivity contribution in [3.8, 4) is 5.75 Å². The average molecular weight is 332 g/mol. The van der Waals surface area contributed by atoms with Crippen LogP contribution >= 0.6 is 12.2 Å². The van der Waals surface area contributed by atoms with Gasteiger partial charge in [-0.05, 0) is 54.2 Å². The van der Waals surface area contributed by atoms with Gasteiger partial charge in [0.15, 0.2) is 10.7 Å². The molecule has 1 N–H and O–H groups in total. The van der Waals surface area contributed by atoms with Crippen LogP contribution in [-0.2, 0) is 21.5 Å². The van der Waals surface area contributed by atoms with E-state index in [1.54, 1.807) is 19.1 Å². The fourth-order valence-corrected chi connectivity index (χ4v) is 4.56. The van der Waals surface area contributed by atoms with Crippen molar-refractivity contribution in [3.63, 3.8) is 0 Å². The van der Waals surface area contributed by atoms with Crippen LogP contribution < -0.4 is 10.1 Å². The van der Waals surface area contributed by atoms with Crippen molar-refractivity contribution >= 4 is 23.2 Å². The lowest BCUT2D eigenvalue weighted by Crippen LogP contribution is -2.58. The molecule has 1 aromatic rings. The molecule has 23 heavy (non-hydrogen) atoms. The van der Waals surface area contributed by atoms with Crippen molar-refractivity contribution in [2.24, 2.45) is 11.8 Å². The maximum absolute atomic E-state index is 13.2. The van der Waals surface area contributed by atoms with Gasteiger partial charge in [0.25, 0.3) is 5.91 Å². The van der Waals surface area contributed by atoms with Crippen LogP contribution in [0.2, 0.25) is 0 Å². The van der Waals surface area contributed by atoms with Gasteiger partial charge >= 0.3 is 0 Å². The first-order valence-electron chi connectivity index (χ1n) is 7.93. The van der Waals surface area contributed by atoms with Crippen LogP contribution in [-0.4, -0.2) is 43.3 Å². The first-order chi connectivity index (χ1) is 11.1. The van der Waals surface area contributed by atoms with Gasteiger partial charge in [-0.2, -0.15) is 0 Å². The highest BCUT2D eigenvalue weighted by Gasteiger charge is 2.59. The average Bonchev–Trinajstić information content (AvgIpc) is 2.80. The van der Waals surface area contributed by atoms with Crippen LogP contribution in [0.25, 0.3) is 0 Å². The van der Waals surface area contributed by atoms with E-state index in [4.69, 9.17) is 21.7 Å². The third-order valence-corrected chi connectivity index (χ3v) is 5.91. The number of nitrogens with zero attached hydrogens (tertiary/aromatic N) is 1. The number of methoxy groups -OCH3 is 1. The normalized spacial score (nSPS) is 32.5. The van der Waals surface area contributed by atoms with Crippen molar-refractivity contribution in [2.45, 2.75) is 18.4 Å². The zero-order valence-corrected chi connectivity index (χ0v) is 14.1. The van der Waals surface area contributed by atoms with Gasteiger partial charge in [0.1, 0.15) is 5.75 Å². The second-order valence-electron chi connectivity index (χ2n) is 6.56. The van der Waals surface area contributed by atoms with Crippen LogP contribution in [0.4, 0.5) is 0 Å². The predicted octanol–water partition coefficient (Wildman–Crippen LogP) is 1.45. The summed E-state index contributed by atoms with van der Waals surface area (Å²) in [5.74, 6) is 1.28. The summed E-state index contributed by atoms with van der Waals surface area (Å²) in [4.78, 5) is 14.7. The number of fused-ring (bicyclic) bond motifs is 4. The van der Waals surface area contributed by atoms with E-state index < -0.39 is 5.54 Å². The number of ether oxygens (including phenoxy) is 2. The van der Waals surface area contributed by atoms with E-state index in [1.165, 1.54) is 5.56 Å². The molecule has 2 saturated heterocycles. The molecule has 3 aliphatic rings. The lowest BCUT2D eigenvalue weighted by molar-refractivity contribution is -0.138. The monoisotopic (exact) mass is 332 g/mol. The van der Waals surface area contributed by atoms with Crippen LogP contribution in [0, 0.1) is 11.8 Å². The van der Waals surface area contributed by atoms with Crippen LogP contribution in [0.15, 0.2) is 18.2 Å². The van der Waals surface area contributed by atoms with E-state index in [0.717, 1.165) is 30.8 Å². The lowest BCUT2D eigenvalue weighted by Gasteiger charge is -2.47. The second-order valence-corrected chi connectivity index (χ2v) is 6.95. The third kappa shape index (κ3) is 1.94. The maximum atomic E-state index is 13.2. The van der Waals surface area contributed by atoms with E-state index >= 15 is 0 Å². The number of likely N-dealkylation sites (N-methyl/N-ethyl adjacent to an activating group) is 1. The van der Waals surface area contributed by atoms with Crippen LogP contribution in [0.1, 0.15) is 17.5 Å². The van der Waals surface area contributed by atoms with E-state index in [0.29, 0.717) is 17.6 Å². The van der Waals surface area contributed by atoms with Gasteiger partial charge in [-0.1, -0.05) is 6.07 Å². The van der Waals surface area contributed by atoms with Crippen molar-refractivity contribution in [3.05, 3.63) is 29.3 Å². The summed E-state index contributed by atoms with van der Waals surface area (Å²) in [6.07, 6.45) is 1.95. The molecule has 0 radical (unpaired) electrons. The quantitative estimate of drug-likeness (QED) is 0.789. The molecule has 0 saturated carbocycles. The van der Waals surface area contributed by atoms with E-state index in [1.807, 2.05) is 12.1 Å². The Kier molecular flexibility index (Phi) is 3.35. The molecule has 2 fully saturated rings. The molecule has 1 aliphatic carbocycles. The number of hydrogen-bond donors (Lipinski definition) is 1. The molecule has 5 nitrogen and oxygen atoms in total. The highest BCUT2D eigenvalue weighted by molar-refractivity contribution is 7.80. The molecule has 0 bridgehead atoms. The molecule has 2 aliphatic heterocycles. The number of amides is 1. The molecule has 1 amide bonds. The minimum absolute atomic E-state index is 0.0113. The first-order valence-corrected chi connectivity index (χ1v) is 8.34. The molecule has 122 valence electrons. The second kappa shape index (κ2) is 5.18. The molecule has 2 heterocycles. The number of carbonyl (C=O) groups is 1. The topological polar surface area (TPSA) is 50.8 Å². The zero-order chi connectivity index (χ0) is 16.2. The first kappa shape index (κ1) is 14.9. The predicted molar refractivity (Wildman–Crippen MR) is 89.3 cm³/mol. The van der Waals surface area contributed by atoms with Crippen molar-refractivity contribution in [2.75, 3.05) is 27.4 Å². The van der Waals surface area contributed by atoms with Gasteiger partial charge in [0.2, 0.25) is 0 Å². The SMILES string of the molecule is COc1ccc2c(c1)C1(NC(=S)N(C)C1=O)[C@H]1COCC[C@@H]1C2. The smallest absolute Gasteiger partial charge is 0.259 e. The summed E-state index contributed by atoms with van der Waals surface area (Å²) < 4.78 is 11.1. The third-order valence-electron chi connectivity index (χ3n) is 5.53. The van der Waals surface area contributed by atoms with Crippen molar-refractivity contribution in [1.82, 2.24) is 10.2 Å². The van der Waals surface area contributed by atoms with Gasteiger partial charge in [-0.15, -0.1) is 0 Å². The Morgan fingerprint density at radius 2 is 2.30 bits per heavy atom. The summed E-state index contributed by atoms with van der Waals surface area (Å²) >= 11 is 5.38. The molecule has 4 rings (SSSR count). The Morgan fingerprint density at radius 1 is 1.48 bits per heavy atom. The van der Waals surface area contributed by atoms with Gasteiger partial charge in [0, 0.05) is 19.6 Å². The highest BCUT2D eigenvalue weighted by Crippen LogP contribution is 2.49. The molecule has 3 atom stereocenters. The molecular weight excluding hydrogens is 312 g/mol. The highest BCUT2D eigenvalue weighted by atomic mass is 32.1. The van der Waals surface area contributed by atoms with E-state index in [2.05, 4.69) is 11.4 Å². The van der Waals surface area contributed by atoms with Crippen LogP contribution in [0.3, 0.4) is 0 Å². The lowest BCUT2D eigenvalue weighted by atomic mass is 9.62. The Balaban J connectivity index is 1.94. The van der Waals surface area contributed by atoms with Gasteiger partial charge in [0.05, 0.1) is 13.7 Å². The number of benzene rings is 1. The van der Waals surface area contributed by atoms with Crippen molar-refractivity contribution < 1.29 is 14.3 Å². The summed E-state index contributed by atoms with van der Waals surface area (Å²) in [6, 6.07) is 6.03. The fraction of sp³-hybridized carbons (Fsp3) is 0.529. The minimum Gasteiger partial charge on any atom is -0.497 e. The zero-order valence-electron chi connectivity index (χ0n) is 13.3. The minimum atomic E-state index is -0.820. The molecule has 1 unspecified atom stereocenters. The molecule has 0 aromatic heterocycles. The van der Waals surface area contributed by atoms with Crippen molar-refractivity contribution in [1.29, 1.82) is 0 Å². The maximum Gasteiger partial charge on any atom is 0.259 e. The van der Waals surface area contributed by atoms with E-state index in [9.17, 15) is 4.79 Å². The summed E-state index contributed by atoms with van der Waals surface area (Å²) in [6.45, 7) is 1.34. The van der Waals surface area contributed by atoms with E-state index in [-0.39, 0.29) is 11.8 Å². The standard InChI is InChI=1S/C17H20N2O3S/c1-19-15(20)17(18-16(19)23)13-8-12(21-2)4-3-10(13)7-11-5-6-22-9-14(11)17/h3-4,8,11,14H,5-7,9H2,1-2H3,(H,18,23)/t11-,14+,17?/m1/s1. The Hall–Kier alpha value is -1.66.